The zero-order valence-corrected chi connectivity index (χ0v) is 12.4. The molecule has 1 unspecified atom stereocenters. The van der Waals surface area contributed by atoms with Crippen LogP contribution in [-0.4, -0.2) is 18.6 Å². The summed E-state index contributed by atoms with van der Waals surface area (Å²) in [6, 6.07) is 6.51. The van der Waals surface area contributed by atoms with Crippen molar-refractivity contribution in [2.45, 2.75) is 64.1 Å². The summed E-state index contributed by atoms with van der Waals surface area (Å²) in [5.74, 6) is -0.121. The number of nitrogens with zero attached hydrogens (tertiary/aromatic N) is 1. The molecule has 1 aromatic carbocycles. The normalized spacial score (nSPS) is 23.7. The Hall–Kier alpha value is -1.09. The van der Waals surface area contributed by atoms with Gasteiger partial charge in [0.05, 0.1) is 0 Å². The molecule has 0 aromatic heterocycles. The Morgan fingerprint density at radius 3 is 2.85 bits per heavy atom. The van der Waals surface area contributed by atoms with Gasteiger partial charge in [0.25, 0.3) is 0 Å². The van der Waals surface area contributed by atoms with E-state index < -0.39 is 0 Å². The third kappa shape index (κ3) is 3.32. The summed E-state index contributed by atoms with van der Waals surface area (Å²) in [4.78, 5) is 2.48. The molecule has 1 saturated heterocycles. The molecule has 3 rings (SSSR count). The highest BCUT2D eigenvalue weighted by Gasteiger charge is 2.23. The summed E-state index contributed by atoms with van der Waals surface area (Å²) < 4.78 is 13.6. The smallest absolute Gasteiger partial charge is 0.123 e. The van der Waals surface area contributed by atoms with Gasteiger partial charge in [0.15, 0.2) is 0 Å². The fourth-order valence-corrected chi connectivity index (χ4v) is 3.15. The van der Waals surface area contributed by atoms with Gasteiger partial charge < -0.3 is 10.2 Å². The lowest BCUT2D eigenvalue weighted by atomic mass is 10.1. The third-order valence-corrected chi connectivity index (χ3v) is 4.56. The van der Waals surface area contributed by atoms with E-state index >= 15 is 0 Å². The van der Waals surface area contributed by atoms with E-state index in [-0.39, 0.29) is 5.82 Å². The van der Waals surface area contributed by atoms with Crippen LogP contribution in [0.25, 0.3) is 0 Å². The standard InChI is InChI=1S/C17H25FN2/c1-13-5-3-2-4-10-20(13)17-9-6-15(18)11-14(17)12-19-16-7-8-16/h6,9,11,13,16,19H,2-5,7-8,10,12H2,1H3. The second kappa shape index (κ2) is 6.13. The summed E-state index contributed by atoms with van der Waals surface area (Å²) in [6.45, 7) is 4.19. The fraction of sp³-hybridized carbons (Fsp3) is 0.647. The van der Waals surface area contributed by atoms with Crippen LogP contribution >= 0.6 is 0 Å². The van der Waals surface area contributed by atoms with Crippen LogP contribution in [-0.2, 0) is 6.54 Å². The molecular formula is C17H25FN2. The maximum absolute atomic E-state index is 13.6. The molecule has 2 aliphatic rings. The molecule has 0 amide bonds. The Morgan fingerprint density at radius 1 is 1.20 bits per heavy atom. The molecule has 110 valence electrons. The average molecular weight is 276 g/mol. The molecule has 1 aliphatic heterocycles. The number of anilines is 1. The summed E-state index contributed by atoms with van der Waals surface area (Å²) in [5.41, 5.74) is 2.35. The third-order valence-electron chi connectivity index (χ3n) is 4.56. The van der Waals surface area contributed by atoms with Crippen molar-refractivity contribution in [2.75, 3.05) is 11.4 Å². The molecule has 1 saturated carbocycles. The van der Waals surface area contributed by atoms with Crippen LogP contribution in [0.4, 0.5) is 10.1 Å². The van der Waals surface area contributed by atoms with E-state index in [2.05, 4.69) is 17.1 Å². The van der Waals surface area contributed by atoms with Gasteiger partial charge in [0, 0.05) is 30.9 Å². The predicted molar refractivity (Wildman–Crippen MR) is 81.5 cm³/mol. The van der Waals surface area contributed by atoms with Gasteiger partial charge in [-0.2, -0.15) is 0 Å². The van der Waals surface area contributed by atoms with E-state index in [9.17, 15) is 4.39 Å². The van der Waals surface area contributed by atoms with Crippen LogP contribution in [0.2, 0.25) is 0 Å². The maximum Gasteiger partial charge on any atom is 0.123 e. The van der Waals surface area contributed by atoms with E-state index in [4.69, 9.17) is 0 Å². The first kappa shape index (κ1) is 13.9. The highest BCUT2D eigenvalue weighted by molar-refractivity contribution is 5.54. The predicted octanol–water partition coefficient (Wildman–Crippen LogP) is 3.85. The van der Waals surface area contributed by atoms with Crippen molar-refractivity contribution >= 4 is 5.69 Å². The average Bonchev–Trinajstić information content (AvgIpc) is 3.25. The lowest BCUT2D eigenvalue weighted by Crippen LogP contribution is -2.33. The molecule has 1 N–H and O–H groups in total. The van der Waals surface area contributed by atoms with Crippen LogP contribution < -0.4 is 10.2 Å². The second-order valence-corrected chi connectivity index (χ2v) is 6.32. The van der Waals surface area contributed by atoms with Crippen molar-refractivity contribution in [3.05, 3.63) is 29.6 Å². The largest absolute Gasteiger partial charge is 0.369 e. The molecular weight excluding hydrogens is 251 g/mol. The van der Waals surface area contributed by atoms with Crippen molar-refractivity contribution < 1.29 is 4.39 Å². The van der Waals surface area contributed by atoms with Crippen LogP contribution in [0.1, 0.15) is 51.0 Å². The summed E-state index contributed by atoms with van der Waals surface area (Å²) in [6.07, 6.45) is 7.66. The minimum absolute atomic E-state index is 0.121. The summed E-state index contributed by atoms with van der Waals surface area (Å²) >= 11 is 0. The van der Waals surface area contributed by atoms with Crippen LogP contribution in [0.3, 0.4) is 0 Å². The minimum atomic E-state index is -0.121. The maximum atomic E-state index is 13.6. The zero-order chi connectivity index (χ0) is 13.9. The molecule has 0 spiro atoms. The van der Waals surface area contributed by atoms with Gasteiger partial charge in [-0.15, -0.1) is 0 Å². The first-order chi connectivity index (χ1) is 9.74. The minimum Gasteiger partial charge on any atom is -0.369 e. The van der Waals surface area contributed by atoms with Crippen LogP contribution in [0, 0.1) is 5.82 Å². The lowest BCUT2D eigenvalue weighted by Gasteiger charge is -2.31. The Morgan fingerprint density at radius 2 is 2.05 bits per heavy atom. The van der Waals surface area contributed by atoms with E-state index in [1.165, 1.54) is 44.2 Å². The molecule has 1 atom stereocenters. The molecule has 2 nitrogen and oxygen atoms in total. The van der Waals surface area contributed by atoms with Crippen molar-refractivity contribution in [3.63, 3.8) is 0 Å². The van der Waals surface area contributed by atoms with Crippen molar-refractivity contribution in [3.8, 4) is 0 Å². The van der Waals surface area contributed by atoms with Gasteiger partial charge in [0.1, 0.15) is 5.82 Å². The molecule has 20 heavy (non-hydrogen) atoms. The Bertz CT molecular complexity index is 456. The SMILES string of the molecule is CC1CCCCCN1c1ccc(F)cc1CNC1CC1. The van der Waals surface area contributed by atoms with Crippen molar-refractivity contribution in [1.82, 2.24) is 5.32 Å². The van der Waals surface area contributed by atoms with Gasteiger partial charge in [-0.1, -0.05) is 12.8 Å². The van der Waals surface area contributed by atoms with E-state index in [0.29, 0.717) is 12.1 Å². The first-order valence-corrected chi connectivity index (χ1v) is 8.02. The first-order valence-electron chi connectivity index (χ1n) is 8.02. The van der Waals surface area contributed by atoms with Gasteiger partial charge >= 0.3 is 0 Å². The summed E-state index contributed by atoms with van der Waals surface area (Å²) in [7, 11) is 0. The van der Waals surface area contributed by atoms with Crippen molar-refractivity contribution in [2.24, 2.45) is 0 Å². The number of nitrogens with one attached hydrogen (secondary N) is 1. The lowest BCUT2D eigenvalue weighted by molar-refractivity contribution is 0.601. The summed E-state index contributed by atoms with van der Waals surface area (Å²) in [5, 5.41) is 3.52. The Kier molecular flexibility index (Phi) is 4.25. The van der Waals surface area contributed by atoms with Crippen LogP contribution in [0.5, 0.6) is 0 Å². The molecule has 3 heteroatoms. The van der Waals surface area contributed by atoms with E-state index in [0.717, 1.165) is 18.7 Å². The second-order valence-electron chi connectivity index (χ2n) is 6.32. The molecule has 0 bridgehead atoms. The van der Waals surface area contributed by atoms with E-state index in [1.54, 1.807) is 12.1 Å². The van der Waals surface area contributed by atoms with Crippen molar-refractivity contribution in [1.29, 1.82) is 0 Å². The molecule has 1 heterocycles. The zero-order valence-electron chi connectivity index (χ0n) is 12.4. The van der Waals surface area contributed by atoms with Gasteiger partial charge in [-0.25, -0.2) is 4.39 Å². The number of benzene rings is 1. The Labute approximate surface area is 121 Å². The van der Waals surface area contributed by atoms with Gasteiger partial charge in [-0.05, 0) is 56.4 Å². The number of hydrogen-bond acceptors (Lipinski definition) is 2. The quantitative estimate of drug-likeness (QED) is 0.898. The Balaban J connectivity index is 1.81. The molecule has 0 radical (unpaired) electrons. The topological polar surface area (TPSA) is 15.3 Å². The number of hydrogen-bond donors (Lipinski definition) is 1. The highest BCUT2D eigenvalue weighted by Crippen LogP contribution is 2.29. The number of rotatable bonds is 4. The van der Waals surface area contributed by atoms with Gasteiger partial charge in [-0.3, -0.25) is 0 Å². The number of halogens is 1. The fourth-order valence-electron chi connectivity index (χ4n) is 3.15. The monoisotopic (exact) mass is 276 g/mol. The molecule has 1 aliphatic carbocycles. The van der Waals surface area contributed by atoms with Crippen LogP contribution in [0.15, 0.2) is 18.2 Å². The molecule has 1 aromatic rings. The van der Waals surface area contributed by atoms with E-state index in [1.807, 2.05) is 6.07 Å². The highest BCUT2D eigenvalue weighted by atomic mass is 19.1. The molecule has 2 fully saturated rings. The van der Waals surface area contributed by atoms with Gasteiger partial charge in [0.2, 0.25) is 0 Å².